The Labute approximate surface area is 107 Å². The number of amides is 1. The van der Waals surface area contributed by atoms with Gasteiger partial charge in [0.25, 0.3) is 0 Å². The van der Waals surface area contributed by atoms with Crippen molar-refractivity contribution in [1.29, 1.82) is 0 Å². The molecular weight excluding hydrogens is 228 g/mol. The van der Waals surface area contributed by atoms with Crippen LogP contribution < -0.4 is 10.6 Å². The molecule has 0 radical (unpaired) electrons. The molecule has 0 spiro atoms. The van der Waals surface area contributed by atoms with Crippen molar-refractivity contribution in [2.75, 3.05) is 5.32 Å². The molecule has 3 heterocycles. The van der Waals surface area contributed by atoms with Crippen LogP contribution in [-0.2, 0) is 4.79 Å². The van der Waals surface area contributed by atoms with E-state index in [0.717, 1.165) is 18.5 Å². The van der Waals surface area contributed by atoms with Gasteiger partial charge in [0.15, 0.2) is 5.82 Å². The summed E-state index contributed by atoms with van der Waals surface area (Å²) in [4.78, 5) is 12.2. The first-order valence-electron chi connectivity index (χ1n) is 6.75. The predicted octanol–water partition coefficient (Wildman–Crippen LogP) is 1.61. The zero-order valence-electron chi connectivity index (χ0n) is 10.9. The molecule has 1 aromatic heterocycles. The molecule has 0 aliphatic carbocycles. The van der Waals surface area contributed by atoms with Crippen LogP contribution in [0.4, 0.5) is 5.82 Å². The molecule has 5 nitrogen and oxygen atoms in total. The Hall–Kier alpha value is -1.36. The molecule has 2 fully saturated rings. The van der Waals surface area contributed by atoms with Gasteiger partial charge >= 0.3 is 0 Å². The number of carbonyl (C=O) groups is 1. The predicted molar refractivity (Wildman–Crippen MR) is 69.4 cm³/mol. The van der Waals surface area contributed by atoms with Crippen LogP contribution in [0.1, 0.15) is 44.7 Å². The summed E-state index contributed by atoms with van der Waals surface area (Å²) in [6.45, 7) is 4.19. The van der Waals surface area contributed by atoms with Crippen molar-refractivity contribution in [1.82, 2.24) is 15.5 Å². The van der Waals surface area contributed by atoms with E-state index in [9.17, 15) is 4.79 Å². The van der Waals surface area contributed by atoms with Gasteiger partial charge in [-0.3, -0.25) is 9.89 Å². The molecule has 3 N–H and O–H groups in total. The summed E-state index contributed by atoms with van der Waals surface area (Å²) in [7, 11) is 0. The topological polar surface area (TPSA) is 69.8 Å². The summed E-state index contributed by atoms with van der Waals surface area (Å²) >= 11 is 0. The lowest BCUT2D eigenvalue weighted by Gasteiger charge is -2.18. The molecule has 3 atom stereocenters. The van der Waals surface area contributed by atoms with E-state index in [1.54, 1.807) is 0 Å². The summed E-state index contributed by atoms with van der Waals surface area (Å²) in [5, 5.41) is 13.5. The molecule has 98 valence electrons. The fourth-order valence-corrected chi connectivity index (χ4v) is 3.03. The average Bonchev–Trinajstić information content (AvgIpc) is 3.03. The molecule has 0 saturated carbocycles. The van der Waals surface area contributed by atoms with Crippen molar-refractivity contribution >= 4 is 11.7 Å². The minimum absolute atomic E-state index is 0.108. The van der Waals surface area contributed by atoms with Gasteiger partial charge in [-0.05, 0) is 25.2 Å². The van der Waals surface area contributed by atoms with Crippen molar-refractivity contribution in [3.8, 4) is 0 Å². The third-order valence-electron chi connectivity index (χ3n) is 4.11. The molecule has 1 aromatic rings. The zero-order chi connectivity index (χ0) is 12.7. The van der Waals surface area contributed by atoms with Crippen molar-refractivity contribution in [3.05, 3.63) is 11.8 Å². The molecular formula is C13H20N4O. The van der Waals surface area contributed by atoms with E-state index in [1.165, 1.54) is 6.42 Å². The van der Waals surface area contributed by atoms with E-state index in [0.29, 0.717) is 23.8 Å². The summed E-state index contributed by atoms with van der Waals surface area (Å²) in [5.74, 6) is 1.26. The highest BCUT2D eigenvalue weighted by Crippen LogP contribution is 2.33. The van der Waals surface area contributed by atoms with Gasteiger partial charge in [0.2, 0.25) is 5.91 Å². The Kier molecular flexibility index (Phi) is 2.86. The van der Waals surface area contributed by atoms with Crippen molar-refractivity contribution in [3.63, 3.8) is 0 Å². The maximum Gasteiger partial charge on any atom is 0.230 e. The zero-order valence-corrected chi connectivity index (χ0v) is 10.9. The van der Waals surface area contributed by atoms with E-state index < -0.39 is 0 Å². The molecule has 2 bridgehead atoms. The minimum Gasteiger partial charge on any atom is -0.310 e. The lowest BCUT2D eigenvalue weighted by Crippen LogP contribution is -2.32. The number of nitrogens with zero attached hydrogens (tertiary/aromatic N) is 1. The summed E-state index contributed by atoms with van der Waals surface area (Å²) in [6, 6.07) is 2.85. The molecule has 2 saturated heterocycles. The second-order valence-electron chi connectivity index (χ2n) is 5.74. The monoisotopic (exact) mass is 248 g/mol. The van der Waals surface area contributed by atoms with E-state index in [-0.39, 0.29) is 11.8 Å². The number of aromatic amines is 1. The second kappa shape index (κ2) is 4.39. The molecule has 5 heteroatoms. The van der Waals surface area contributed by atoms with Crippen molar-refractivity contribution in [2.45, 2.75) is 51.1 Å². The van der Waals surface area contributed by atoms with Gasteiger partial charge in [-0.25, -0.2) is 0 Å². The molecule has 3 unspecified atom stereocenters. The van der Waals surface area contributed by atoms with Crippen LogP contribution in [0.25, 0.3) is 0 Å². The van der Waals surface area contributed by atoms with Gasteiger partial charge in [-0.15, -0.1) is 0 Å². The number of hydrogen-bond donors (Lipinski definition) is 3. The highest BCUT2D eigenvalue weighted by Gasteiger charge is 2.42. The quantitative estimate of drug-likeness (QED) is 0.761. The normalized spacial score (nSPS) is 30.1. The molecule has 2 aliphatic rings. The van der Waals surface area contributed by atoms with Crippen LogP contribution in [-0.4, -0.2) is 28.2 Å². The number of rotatable bonds is 3. The maximum atomic E-state index is 12.2. The highest BCUT2D eigenvalue weighted by molar-refractivity contribution is 5.92. The number of anilines is 1. The van der Waals surface area contributed by atoms with Gasteiger partial charge in [0.05, 0.1) is 5.92 Å². The van der Waals surface area contributed by atoms with E-state index in [1.807, 2.05) is 6.07 Å². The van der Waals surface area contributed by atoms with Gasteiger partial charge in [-0.1, -0.05) is 13.8 Å². The first-order valence-corrected chi connectivity index (χ1v) is 6.75. The first kappa shape index (κ1) is 11.7. The molecule has 1 amide bonds. The number of carbonyl (C=O) groups excluding carboxylic acids is 1. The van der Waals surface area contributed by atoms with Crippen LogP contribution >= 0.6 is 0 Å². The van der Waals surface area contributed by atoms with Crippen LogP contribution in [0.15, 0.2) is 6.07 Å². The smallest absolute Gasteiger partial charge is 0.230 e. The van der Waals surface area contributed by atoms with Gasteiger partial charge in [-0.2, -0.15) is 5.10 Å². The second-order valence-corrected chi connectivity index (χ2v) is 5.74. The third-order valence-corrected chi connectivity index (χ3v) is 4.11. The average molecular weight is 248 g/mol. The van der Waals surface area contributed by atoms with E-state index >= 15 is 0 Å². The molecule has 18 heavy (non-hydrogen) atoms. The van der Waals surface area contributed by atoms with E-state index in [4.69, 9.17) is 0 Å². The lowest BCUT2D eigenvalue weighted by atomic mass is 9.88. The highest BCUT2D eigenvalue weighted by atomic mass is 16.2. The standard InChI is InChI=1S/C13H20N4O/c1-7(2)11-6-12(17-16-11)15-13(18)9-5-8-3-4-10(9)14-8/h6-10,14H,3-5H2,1-2H3,(H2,15,16,17,18). The summed E-state index contributed by atoms with van der Waals surface area (Å²) < 4.78 is 0. The Morgan fingerprint density at radius 1 is 1.50 bits per heavy atom. The van der Waals surface area contributed by atoms with Gasteiger partial charge in [0.1, 0.15) is 0 Å². The summed E-state index contributed by atoms with van der Waals surface area (Å²) in [5.41, 5.74) is 1.05. The van der Waals surface area contributed by atoms with E-state index in [2.05, 4.69) is 34.7 Å². The fraction of sp³-hybridized carbons (Fsp3) is 0.692. The largest absolute Gasteiger partial charge is 0.310 e. The van der Waals surface area contributed by atoms with Crippen molar-refractivity contribution in [2.24, 2.45) is 5.92 Å². The van der Waals surface area contributed by atoms with Gasteiger partial charge in [0, 0.05) is 23.8 Å². The van der Waals surface area contributed by atoms with Crippen LogP contribution in [0.2, 0.25) is 0 Å². The number of fused-ring (bicyclic) bond motifs is 2. The Morgan fingerprint density at radius 3 is 2.89 bits per heavy atom. The Bertz CT molecular complexity index is 454. The van der Waals surface area contributed by atoms with Crippen LogP contribution in [0, 0.1) is 5.92 Å². The lowest BCUT2D eigenvalue weighted by molar-refractivity contribution is -0.120. The van der Waals surface area contributed by atoms with Crippen molar-refractivity contribution < 1.29 is 4.79 Å². The van der Waals surface area contributed by atoms with Gasteiger partial charge < -0.3 is 10.6 Å². The summed E-state index contributed by atoms with van der Waals surface area (Å²) in [6.07, 6.45) is 3.31. The molecule has 3 rings (SSSR count). The minimum atomic E-state index is 0.108. The molecule has 2 aliphatic heterocycles. The Morgan fingerprint density at radius 2 is 2.33 bits per heavy atom. The Balaban J connectivity index is 1.63. The number of nitrogens with one attached hydrogen (secondary N) is 3. The SMILES string of the molecule is CC(C)c1cc(NC(=O)C2CC3CCC2N3)n[nH]1. The number of aromatic nitrogens is 2. The third kappa shape index (κ3) is 2.03. The van der Waals surface area contributed by atoms with Crippen LogP contribution in [0.3, 0.4) is 0 Å². The number of H-pyrrole nitrogens is 1. The maximum absolute atomic E-state index is 12.2. The molecule has 0 aromatic carbocycles. The first-order chi connectivity index (χ1) is 8.63. The number of hydrogen-bond acceptors (Lipinski definition) is 3. The van der Waals surface area contributed by atoms with Crippen LogP contribution in [0.5, 0.6) is 0 Å². The fourth-order valence-electron chi connectivity index (χ4n) is 3.03.